The zero-order valence-electron chi connectivity index (χ0n) is 23.5. The van der Waals surface area contributed by atoms with Gasteiger partial charge in [0.05, 0.1) is 24.2 Å². The van der Waals surface area contributed by atoms with Crippen LogP contribution in [0.1, 0.15) is 60.7 Å². The van der Waals surface area contributed by atoms with E-state index in [1.165, 1.54) is 11.3 Å². The van der Waals surface area contributed by atoms with Gasteiger partial charge in [0.25, 0.3) is 5.91 Å². The van der Waals surface area contributed by atoms with Crippen molar-refractivity contribution in [2.45, 2.75) is 52.7 Å². The Bertz CT molecular complexity index is 1400. The molecule has 1 atom stereocenters. The Morgan fingerprint density at radius 1 is 1.27 bits per heavy atom. The molecule has 1 aromatic heterocycles. The molecule has 2 heterocycles. The normalized spacial score (nSPS) is 16.6. The van der Waals surface area contributed by atoms with E-state index in [0.717, 1.165) is 28.1 Å². The number of rotatable bonds is 7. The van der Waals surface area contributed by atoms with E-state index in [9.17, 15) is 23.5 Å². The molecular weight excluding hydrogens is 552 g/mol. The van der Waals surface area contributed by atoms with Crippen molar-refractivity contribution in [3.05, 3.63) is 74.9 Å². The minimum Gasteiger partial charge on any atom is -0.772 e. The lowest BCUT2D eigenvalue weighted by molar-refractivity contribution is -0.121. The van der Waals surface area contributed by atoms with Crippen molar-refractivity contribution in [3.63, 3.8) is 0 Å². The second kappa shape index (κ2) is 13.3. The zero-order valence-corrected chi connectivity index (χ0v) is 25.2. The van der Waals surface area contributed by atoms with Crippen molar-refractivity contribution in [1.29, 1.82) is 0 Å². The van der Waals surface area contributed by atoms with Gasteiger partial charge in [-0.2, -0.15) is 0 Å². The summed E-state index contributed by atoms with van der Waals surface area (Å²) in [4.78, 5) is 29.0. The molecule has 2 N–H and O–H groups in total. The van der Waals surface area contributed by atoms with Crippen LogP contribution in [-0.4, -0.2) is 51.2 Å². The second-order valence-electron chi connectivity index (χ2n) is 9.81. The van der Waals surface area contributed by atoms with Crippen LogP contribution in [0, 0.1) is 6.92 Å². The van der Waals surface area contributed by atoms with Gasteiger partial charge in [0.2, 0.25) is 0 Å². The number of aliphatic hydroxyl groups is 1. The fourth-order valence-corrected chi connectivity index (χ4v) is 5.50. The zero-order chi connectivity index (χ0) is 29.6. The molecule has 0 radical (unpaired) electrons. The number of allylic oxidation sites excluding steroid dienone is 4. The molecule has 11 heteroatoms. The van der Waals surface area contributed by atoms with E-state index in [-0.39, 0.29) is 19.7 Å². The molecule has 0 saturated carbocycles. The average molecular weight is 590 g/mol. The molecule has 2 aliphatic rings. The number of nitrogens with one attached hydrogen (secondary N) is 1. The molecule has 1 amide bonds. The Kier molecular flexibility index (Phi) is 10.3. The van der Waals surface area contributed by atoms with Crippen molar-refractivity contribution >= 4 is 51.2 Å². The highest BCUT2D eigenvalue weighted by Crippen LogP contribution is 2.42. The topological polar surface area (TPSA) is 128 Å². The van der Waals surface area contributed by atoms with E-state index < -0.39 is 22.6 Å². The number of benzene rings is 1. The number of esters is 1. The monoisotopic (exact) mass is 589 g/mol. The number of nitrogens with zero attached hydrogens (tertiary/aromatic N) is 1. The van der Waals surface area contributed by atoms with Crippen LogP contribution in [0.5, 0.6) is 0 Å². The largest absolute Gasteiger partial charge is 0.772 e. The smallest absolute Gasteiger partial charge is 0.348 e. The van der Waals surface area contributed by atoms with E-state index in [2.05, 4.69) is 5.32 Å². The second-order valence-corrected chi connectivity index (χ2v) is 12.1. The summed E-state index contributed by atoms with van der Waals surface area (Å²) in [5.74, 6) is 0.558. The van der Waals surface area contributed by atoms with Crippen LogP contribution >= 0.6 is 11.3 Å². The van der Waals surface area contributed by atoms with Crippen LogP contribution in [0.2, 0.25) is 0 Å². The number of likely N-dealkylation sites (N-methyl/N-ethyl adjacent to an activating group) is 1. The number of fused-ring (bicyclic) bond motifs is 1. The van der Waals surface area contributed by atoms with Crippen LogP contribution in [-0.2, 0) is 32.0 Å². The predicted octanol–water partition coefficient (Wildman–Crippen LogP) is 5.86. The highest BCUT2D eigenvalue weighted by molar-refractivity contribution is 7.79. The molecule has 9 nitrogen and oxygen atoms in total. The van der Waals surface area contributed by atoms with Gasteiger partial charge in [-0.25, -0.2) is 4.79 Å². The number of anilines is 2. The summed E-state index contributed by atoms with van der Waals surface area (Å²) in [5, 5.41) is 13.4. The summed E-state index contributed by atoms with van der Waals surface area (Å²) < 4.78 is 30.5. The summed E-state index contributed by atoms with van der Waals surface area (Å²) in [6.45, 7) is 7.37. The van der Waals surface area contributed by atoms with Crippen molar-refractivity contribution in [2.75, 3.05) is 30.1 Å². The molecule has 1 aliphatic carbocycles. The third kappa shape index (κ3) is 7.21. The fourth-order valence-electron chi connectivity index (χ4n) is 4.40. The van der Waals surface area contributed by atoms with Gasteiger partial charge in [-0.05, 0) is 69.2 Å². The molecule has 0 spiro atoms. The summed E-state index contributed by atoms with van der Waals surface area (Å²) in [7, 11) is 3.29. The number of carbonyl (C=O) groups excluding carboxylic acids is 2. The maximum absolute atomic E-state index is 13.1. The van der Waals surface area contributed by atoms with E-state index in [0.29, 0.717) is 34.1 Å². The minimum atomic E-state index is -1.82. The standard InChI is InChI=1S/C26H28N2O5S.C3H8O2S.H2/c1-15-6-13-22(34-15)24(30)33-14-19-17(18-9-7-16(29)8-12-21(18)32-5)10-11-20-23(19)28(4)25(31)26(2,3)27-20;1-2-3-6(4)5;/h6-7,9-13,27,29H,8,14H2,1-5H3;2-3H2,1H3,(H,4,5);1H/p-1. The molecule has 1 unspecified atom stereocenters. The van der Waals surface area contributed by atoms with Crippen molar-refractivity contribution in [3.8, 4) is 0 Å². The lowest BCUT2D eigenvalue weighted by Crippen LogP contribution is -2.52. The van der Waals surface area contributed by atoms with Gasteiger partial charge in [0, 0.05) is 36.7 Å². The quantitative estimate of drug-likeness (QED) is 0.304. The molecule has 2 aromatic rings. The first-order valence-electron chi connectivity index (χ1n) is 12.8. The number of hydrogen-bond acceptors (Lipinski definition) is 9. The van der Waals surface area contributed by atoms with Crippen molar-refractivity contribution in [1.82, 2.24) is 0 Å². The number of carbonyl (C=O) groups is 2. The van der Waals surface area contributed by atoms with Crippen molar-refractivity contribution < 1.29 is 34.4 Å². The van der Waals surface area contributed by atoms with Crippen LogP contribution in [0.3, 0.4) is 0 Å². The van der Waals surface area contributed by atoms with Crippen molar-refractivity contribution in [2.24, 2.45) is 0 Å². The number of thiophene rings is 1. The van der Waals surface area contributed by atoms with E-state index in [1.807, 2.05) is 45.9 Å². The number of amides is 1. The highest BCUT2D eigenvalue weighted by Gasteiger charge is 2.39. The molecular formula is C29H37N2O7S2-. The summed E-state index contributed by atoms with van der Waals surface area (Å²) >= 11 is -0.443. The first-order valence-corrected chi connectivity index (χ1v) is 14.8. The molecule has 0 saturated heterocycles. The first kappa shape index (κ1) is 31.1. The minimum absolute atomic E-state index is 0. The molecule has 1 aromatic carbocycles. The van der Waals surface area contributed by atoms with Crippen LogP contribution in [0.15, 0.2) is 54.0 Å². The number of aliphatic hydroxyl groups excluding tert-OH is 1. The Morgan fingerprint density at radius 2 is 2.00 bits per heavy atom. The number of aryl methyl sites for hydroxylation is 1. The SMILES string of the molecule is CCCS(=O)[O-].COC1=CCC(O)=CC=C1c1ccc2c(c1COC(=O)c1ccc(C)s1)N(C)C(=O)C(C)(C)N2.[HH]. The number of ether oxygens (including phenoxy) is 2. The van der Waals surface area contributed by atoms with E-state index >= 15 is 0 Å². The lowest BCUT2D eigenvalue weighted by Gasteiger charge is -2.39. The van der Waals surface area contributed by atoms with Gasteiger partial charge >= 0.3 is 5.97 Å². The average Bonchev–Trinajstić information content (AvgIpc) is 3.25. The Morgan fingerprint density at radius 3 is 2.58 bits per heavy atom. The Balaban J connectivity index is 0.000000760. The van der Waals surface area contributed by atoms with Gasteiger partial charge in [0.15, 0.2) is 0 Å². The highest BCUT2D eigenvalue weighted by atomic mass is 32.2. The first-order chi connectivity index (χ1) is 18.9. The van der Waals surface area contributed by atoms with Gasteiger partial charge in [-0.15, -0.1) is 11.3 Å². The summed E-state index contributed by atoms with van der Waals surface area (Å²) in [6.07, 6.45) is 6.25. The van der Waals surface area contributed by atoms with Crippen LogP contribution in [0.4, 0.5) is 11.4 Å². The predicted molar refractivity (Wildman–Crippen MR) is 160 cm³/mol. The third-order valence-electron chi connectivity index (χ3n) is 6.28. The van der Waals surface area contributed by atoms with Crippen LogP contribution in [0.25, 0.3) is 5.57 Å². The Hall–Kier alpha value is -3.41. The van der Waals surface area contributed by atoms with Crippen LogP contribution < -0.4 is 10.2 Å². The molecule has 218 valence electrons. The van der Waals surface area contributed by atoms with Gasteiger partial charge in [-0.1, -0.05) is 24.1 Å². The Labute approximate surface area is 243 Å². The summed E-state index contributed by atoms with van der Waals surface area (Å²) in [6, 6.07) is 7.45. The third-order valence-corrected chi connectivity index (χ3v) is 8.00. The molecule has 0 fully saturated rings. The number of hydrogen-bond donors (Lipinski definition) is 2. The van der Waals surface area contributed by atoms with Gasteiger partial charge in [-0.3, -0.25) is 9.00 Å². The number of methoxy groups -OCH3 is 1. The molecule has 4 rings (SSSR count). The fraction of sp³-hybridized carbons (Fsp3) is 0.379. The lowest BCUT2D eigenvalue weighted by atomic mass is 9.91. The van der Waals surface area contributed by atoms with E-state index in [4.69, 9.17) is 9.47 Å². The maximum atomic E-state index is 13.1. The van der Waals surface area contributed by atoms with Gasteiger partial charge < -0.3 is 29.3 Å². The molecule has 1 aliphatic heterocycles. The molecule has 0 bridgehead atoms. The molecule has 40 heavy (non-hydrogen) atoms. The maximum Gasteiger partial charge on any atom is 0.348 e. The van der Waals surface area contributed by atoms with Gasteiger partial charge in [0.1, 0.15) is 22.8 Å². The van der Waals surface area contributed by atoms with E-state index in [1.54, 1.807) is 43.4 Å². The summed E-state index contributed by atoms with van der Waals surface area (Å²) in [5.41, 5.74) is 2.77.